The highest BCUT2D eigenvalue weighted by atomic mass is 15.5. The average Bonchev–Trinajstić information content (AvgIpc) is 1.93. The van der Waals surface area contributed by atoms with E-state index in [4.69, 9.17) is 11.5 Å². The lowest BCUT2D eigenvalue weighted by Crippen LogP contribution is -2.43. The largest absolute Gasteiger partial charge is 0.369 e. The Kier molecular flexibility index (Phi) is 2.53. The Morgan fingerprint density at radius 3 is 2.18 bits per heavy atom. The van der Waals surface area contributed by atoms with Crippen LogP contribution >= 0.6 is 0 Å². The number of nitrogens with two attached hydrogens (primary N) is 2. The number of hydrogen-bond acceptors (Lipinski definition) is 3. The zero-order valence-electron chi connectivity index (χ0n) is 6.82. The Hall–Kier alpha value is -0.970. The van der Waals surface area contributed by atoms with Gasteiger partial charge in [-0.15, -0.1) is 5.10 Å². The van der Waals surface area contributed by atoms with Gasteiger partial charge in [0.05, 0.1) is 0 Å². The Bertz CT molecular complexity index is 143. The van der Waals surface area contributed by atoms with E-state index in [2.05, 4.69) is 17.0 Å². The Labute approximate surface area is 66.6 Å². The van der Waals surface area contributed by atoms with Gasteiger partial charge in [0, 0.05) is 26.2 Å². The molecule has 1 rings (SSSR count). The molecule has 0 aromatic rings. The van der Waals surface area contributed by atoms with Crippen LogP contribution in [0, 0.1) is 0 Å². The highest BCUT2D eigenvalue weighted by molar-refractivity contribution is 5.75. The molecule has 1 aliphatic heterocycles. The van der Waals surface area contributed by atoms with Gasteiger partial charge in [-0.3, -0.25) is 5.01 Å². The van der Waals surface area contributed by atoms with Crippen LogP contribution in [0.15, 0.2) is 5.10 Å². The molecule has 0 radical (unpaired) electrons. The fourth-order valence-corrected chi connectivity index (χ4v) is 1.06. The van der Waals surface area contributed by atoms with Gasteiger partial charge in [-0.2, -0.15) is 0 Å². The van der Waals surface area contributed by atoms with E-state index in [9.17, 15) is 0 Å². The van der Waals surface area contributed by atoms with Crippen molar-refractivity contribution in [2.24, 2.45) is 16.6 Å². The minimum atomic E-state index is 0.148. The number of hydrazone groups is 1. The number of guanidine groups is 1. The molecular weight excluding hydrogens is 142 g/mol. The quantitative estimate of drug-likeness (QED) is 0.356. The first-order valence-corrected chi connectivity index (χ1v) is 3.71. The van der Waals surface area contributed by atoms with Crippen LogP contribution in [0.5, 0.6) is 0 Å². The minimum absolute atomic E-state index is 0.148. The summed E-state index contributed by atoms with van der Waals surface area (Å²) in [5, 5.41) is 5.85. The molecule has 11 heavy (non-hydrogen) atoms. The highest BCUT2D eigenvalue weighted by Crippen LogP contribution is 1.97. The van der Waals surface area contributed by atoms with Gasteiger partial charge < -0.3 is 16.4 Å². The van der Waals surface area contributed by atoms with Gasteiger partial charge in [-0.1, -0.05) is 0 Å². The normalized spacial score (nSPS) is 19.9. The fraction of sp³-hybridized carbons (Fsp3) is 0.833. The molecule has 0 unspecified atom stereocenters. The smallest absolute Gasteiger partial charge is 0.208 e. The summed E-state index contributed by atoms with van der Waals surface area (Å²) in [6, 6.07) is 0. The van der Waals surface area contributed by atoms with Crippen molar-refractivity contribution >= 4 is 5.96 Å². The van der Waals surface area contributed by atoms with Crippen LogP contribution in [-0.2, 0) is 0 Å². The van der Waals surface area contributed by atoms with E-state index < -0.39 is 0 Å². The first-order chi connectivity index (χ1) is 5.18. The fourth-order valence-electron chi connectivity index (χ4n) is 1.06. The Morgan fingerprint density at radius 2 is 1.73 bits per heavy atom. The van der Waals surface area contributed by atoms with E-state index >= 15 is 0 Å². The average molecular weight is 157 g/mol. The predicted octanol–water partition coefficient (Wildman–Crippen LogP) is -1.58. The molecule has 5 heteroatoms. The molecule has 0 atom stereocenters. The summed E-state index contributed by atoms with van der Waals surface area (Å²) in [6.45, 7) is 3.87. The molecule has 0 aliphatic carbocycles. The van der Waals surface area contributed by atoms with Crippen molar-refractivity contribution in [3.05, 3.63) is 0 Å². The van der Waals surface area contributed by atoms with Crippen LogP contribution in [0.3, 0.4) is 0 Å². The van der Waals surface area contributed by atoms with Crippen molar-refractivity contribution in [2.75, 3.05) is 33.2 Å². The molecule has 0 aromatic heterocycles. The minimum Gasteiger partial charge on any atom is -0.369 e. The number of rotatable bonds is 1. The molecule has 1 heterocycles. The summed E-state index contributed by atoms with van der Waals surface area (Å²) in [5.74, 6) is 0.148. The summed E-state index contributed by atoms with van der Waals surface area (Å²) >= 11 is 0. The number of likely N-dealkylation sites (N-methyl/N-ethyl adjacent to an activating group) is 1. The van der Waals surface area contributed by atoms with Crippen molar-refractivity contribution in [2.45, 2.75) is 0 Å². The molecule has 4 N–H and O–H groups in total. The van der Waals surface area contributed by atoms with Crippen LogP contribution in [-0.4, -0.2) is 49.1 Å². The summed E-state index contributed by atoms with van der Waals surface area (Å²) in [6.07, 6.45) is 0. The summed E-state index contributed by atoms with van der Waals surface area (Å²) in [5.41, 5.74) is 10.5. The summed E-state index contributed by atoms with van der Waals surface area (Å²) < 4.78 is 0. The SMILES string of the molecule is CN1CCN(N=C(N)N)CC1. The maximum atomic E-state index is 5.23. The molecule has 0 spiro atoms. The van der Waals surface area contributed by atoms with Crippen LogP contribution in [0.4, 0.5) is 0 Å². The van der Waals surface area contributed by atoms with Gasteiger partial charge in [-0.25, -0.2) is 0 Å². The molecule has 0 amide bonds. The maximum absolute atomic E-state index is 5.23. The number of piperazine rings is 1. The van der Waals surface area contributed by atoms with E-state index in [1.165, 1.54) is 0 Å². The summed E-state index contributed by atoms with van der Waals surface area (Å²) in [7, 11) is 2.09. The van der Waals surface area contributed by atoms with Crippen molar-refractivity contribution in [3.63, 3.8) is 0 Å². The first-order valence-electron chi connectivity index (χ1n) is 3.71. The zero-order chi connectivity index (χ0) is 8.27. The lowest BCUT2D eigenvalue weighted by Gasteiger charge is -2.30. The van der Waals surface area contributed by atoms with Gasteiger partial charge in [0.1, 0.15) is 0 Å². The third kappa shape index (κ3) is 2.63. The van der Waals surface area contributed by atoms with Gasteiger partial charge in [0.15, 0.2) is 0 Å². The second-order valence-electron chi connectivity index (χ2n) is 2.78. The summed E-state index contributed by atoms with van der Waals surface area (Å²) in [4.78, 5) is 2.25. The monoisotopic (exact) mass is 157 g/mol. The second kappa shape index (κ2) is 3.43. The lowest BCUT2D eigenvalue weighted by atomic mass is 10.4. The molecule has 0 aromatic carbocycles. The second-order valence-corrected chi connectivity index (χ2v) is 2.78. The topological polar surface area (TPSA) is 70.9 Å². The molecule has 64 valence electrons. The molecule has 0 bridgehead atoms. The van der Waals surface area contributed by atoms with E-state index in [-0.39, 0.29) is 5.96 Å². The molecular formula is C6H15N5. The van der Waals surface area contributed by atoms with Crippen molar-refractivity contribution in [1.82, 2.24) is 9.91 Å². The molecule has 0 saturated carbocycles. The Morgan fingerprint density at radius 1 is 1.18 bits per heavy atom. The van der Waals surface area contributed by atoms with Gasteiger partial charge in [0.25, 0.3) is 0 Å². The molecule has 1 aliphatic rings. The van der Waals surface area contributed by atoms with Crippen LogP contribution in [0.1, 0.15) is 0 Å². The van der Waals surface area contributed by atoms with Crippen molar-refractivity contribution in [3.8, 4) is 0 Å². The van der Waals surface area contributed by atoms with E-state index in [0.717, 1.165) is 26.2 Å². The third-order valence-electron chi connectivity index (χ3n) is 1.74. The van der Waals surface area contributed by atoms with Crippen LogP contribution in [0.2, 0.25) is 0 Å². The highest BCUT2D eigenvalue weighted by Gasteiger charge is 2.11. The zero-order valence-corrected chi connectivity index (χ0v) is 6.82. The molecule has 1 saturated heterocycles. The maximum Gasteiger partial charge on any atom is 0.208 e. The number of nitrogens with zero attached hydrogens (tertiary/aromatic N) is 3. The van der Waals surface area contributed by atoms with Crippen LogP contribution < -0.4 is 11.5 Å². The lowest BCUT2D eigenvalue weighted by molar-refractivity contribution is 0.158. The van der Waals surface area contributed by atoms with E-state index in [1.807, 2.05) is 5.01 Å². The molecule has 5 nitrogen and oxygen atoms in total. The van der Waals surface area contributed by atoms with Gasteiger partial charge in [-0.05, 0) is 7.05 Å². The Balaban J connectivity index is 2.34. The standard InChI is InChI=1S/C6H15N5/c1-10-2-4-11(5-3-10)9-6(7)8/h2-5H2,1H3,(H4,7,8,9). The van der Waals surface area contributed by atoms with E-state index in [0.29, 0.717) is 0 Å². The van der Waals surface area contributed by atoms with Gasteiger partial charge >= 0.3 is 0 Å². The van der Waals surface area contributed by atoms with Crippen LogP contribution in [0.25, 0.3) is 0 Å². The first kappa shape index (κ1) is 8.13. The third-order valence-corrected chi connectivity index (χ3v) is 1.74. The van der Waals surface area contributed by atoms with Crippen molar-refractivity contribution < 1.29 is 0 Å². The number of hydrogen-bond donors (Lipinski definition) is 2. The predicted molar refractivity (Wildman–Crippen MR) is 44.9 cm³/mol. The van der Waals surface area contributed by atoms with Crippen molar-refractivity contribution in [1.29, 1.82) is 0 Å². The van der Waals surface area contributed by atoms with E-state index in [1.54, 1.807) is 0 Å². The van der Waals surface area contributed by atoms with Gasteiger partial charge in [0.2, 0.25) is 5.96 Å². The molecule has 1 fully saturated rings.